The van der Waals surface area contributed by atoms with Gasteiger partial charge < -0.3 is 13.6 Å². The summed E-state index contributed by atoms with van der Waals surface area (Å²) >= 11 is 1.85. The summed E-state index contributed by atoms with van der Waals surface area (Å²) in [5.74, 6) is 0. The molecule has 0 saturated carbocycles. The predicted octanol–water partition coefficient (Wildman–Crippen LogP) is 12.1. The zero-order valence-corrected chi connectivity index (χ0v) is 25.4. The van der Waals surface area contributed by atoms with Gasteiger partial charge in [0.05, 0.1) is 22.1 Å². The Labute approximate surface area is 266 Å². The minimum atomic E-state index is 0.902. The summed E-state index contributed by atoms with van der Waals surface area (Å²) in [6, 6.07) is 52.5. The molecular formula is C42H24N2OS. The Morgan fingerprint density at radius 1 is 0.413 bits per heavy atom. The van der Waals surface area contributed by atoms with Crippen LogP contribution in [0.1, 0.15) is 0 Å². The van der Waals surface area contributed by atoms with Crippen LogP contribution in [-0.2, 0) is 0 Å². The molecule has 7 aromatic carbocycles. The molecule has 4 heterocycles. The maximum absolute atomic E-state index is 6.94. The van der Waals surface area contributed by atoms with E-state index in [1.54, 1.807) is 0 Å². The first-order chi connectivity index (χ1) is 22.8. The van der Waals surface area contributed by atoms with Gasteiger partial charge in [-0.2, -0.15) is 0 Å². The van der Waals surface area contributed by atoms with E-state index in [4.69, 9.17) is 4.42 Å². The molecule has 0 fully saturated rings. The molecule has 0 aliphatic carbocycles. The van der Waals surface area contributed by atoms with Crippen LogP contribution in [-0.4, -0.2) is 9.13 Å². The first-order valence-corrected chi connectivity index (χ1v) is 16.4. The number of benzene rings is 7. The first kappa shape index (κ1) is 24.5. The average molecular weight is 605 g/mol. The van der Waals surface area contributed by atoms with E-state index in [0.717, 1.165) is 44.3 Å². The molecule has 0 radical (unpaired) electrons. The van der Waals surface area contributed by atoms with Crippen molar-refractivity contribution < 1.29 is 4.42 Å². The van der Waals surface area contributed by atoms with Gasteiger partial charge in [0.25, 0.3) is 0 Å². The second-order valence-corrected chi connectivity index (χ2v) is 13.2. The summed E-state index contributed by atoms with van der Waals surface area (Å²) in [6.45, 7) is 0. The van der Waals surface area contributed by atoms with Crippen molar-refractivity contribution >= 4 is 97.1 Å². The molecule has 0 atom stereocenters. The lowest BCUT2D eigenvalue weighted by Gasteiger charge is -2.11. The van der Waals surface area contributed by atoms with Gasteiger partial charge in [-0.15, -0.1) is 11.3 Å². The zero-order chi connectivity index (χ0) is 29.9. The number of aromatic nitrogens is 2. The van der Waals surface area contributed by atoms with Crippen molar-refractivity contribution in [3.8, 4) is 11.4 Å². The van der Waals surface area contributed by atoms with E-state index >= 15 is 0 Å². The first-order valence-electron chi connectivity index (χ1n) is 15.6. The number of furan rings is 1. The topological polar surface area (TPSA) is 23.0 Å². The van der Waals surface area contributed by atoms with Crippen LogP contribution in [0.4, 0.5) is 0 Å². The third kappa shape index (κ3) is 3.06. The third-order valence-electron chi connectivity index (χ3n) is 9.68. The number of para-hydroxylation sites is 4. The van der Waals surface area contributed by atoms with Gasteiger partial charge in [0.15, 0.2) is 5.58 Å². The quantitative estimate of drug-likeness (QED) is 0.192. The second-order valence-electron chi connectivity index (χ2n) is 12.1. The molecule has 4 heteroatoms. The lowest BCUT2D eigenvalue weighted by molar-refractivity contribution is 0.671. The van der Waals surface area contributed by atoms with Gasteiger partial charge in [-0.1, -0.05) is 91.0 Å². The largest absolute Gasteiger partial charge is 0.454 e. The van der Waals surface area contributed by atoms with Gasteiger partial charge in [-0.05, 0) is 54.6 Å². The van der Waals surface area contributed by atoms with Crippen LogP contribution in [0.25, 0.3) is 97.1 Å². The van der Waals surface area contributed by atoms with E-state index in [-0.39, 0.29) is 0 Å². The highest BCUT2D eigenvalue weighted by Gasteiger charge is 2.27. The van der Waals surface area contributed by atoms with Crippen LogP contribution in [0.2, 0.25) is 0 Å². The van der Waals surface area contributed by atoms with Gasteiger partial charge in [0.2, 0.25) is 0 Å². The molecule has 0 aliphatic heterocycles. The lowest BCUT2D eigenvalue weighted by atomic mass is 10.0. The highest BCUT2D eigenvalue weighted by atomic mass is 32.1. The zero-order valence-electron chi connectivity index (χ0n) is 24.6. The smallest absolute Gasteiger partial charge is 0.160 e. The molecule has 0 amide bonds. The fourth-order valence-corrected chi connectivity index (χ4v) is 8.94. The highest BCUT2D eigenvalue weighted by Crippen LogP contribution is 2.49. The van der Waals surface area contributed by atoms with Crippen LogP contribution in [0, 0.1) is 0 Å². The van der Waals surface area contributed by atoms with Gasteiger partial charge in [0.1, 0.15) is 5.58 Å². The van der Waals surface area contributed by atoms with E-state index in [9.17, 15) is 0 Å². The summed E-state index contributed by atoms with van der Waals surface area (Å²) < 4.78 is 14.4. The van der Waals surface area contributed by atoms with Crippen molar-refractivity contribution in [1.82, 2.24) is 9.13 Å². The average Bonchev–Trinajstić information content (AvgIpc) is 3.86. The van der Waals surface area contributed by atoms with Crippen molar-refractivity contribution in [2.75, 3.05) is 0 Å². The molecule has 46 heavy (non-hydrogen) atoms. The van der Waals surface area contributed by atoms with Crippen LogP contribution in [0.15, 0.2) is 150 Å². The molecule has 214 valence electrons. The lowest BCUT2D eigenvalue weighted by Crippen LogP contribution is -1.96. The van der Waals surface area contributed by atoms with E-state index in [0.29, 0.717) is 0 Å². The maximum atomic E-state index is 6.94. The molecule has 11 aromatic rings. The van der Waals surface area contributed by atoms with Crippen molar-refractivity contribution in [2.24, 2.45) is 0 Å². The Bertz CT molecular complexity index is 3030. The van der Waals surface area contributed by atoms with Crippen LogP contribution >= 0.6 is 11.3 Å². The van der Waals surface area contributed by atoms with Crippen LogP contribution in [0.5, 0.6) is 0 Å². The minimum Gasteiger partial charge on any atom is -0.454 e. The molecule has 0 saturated heterocycles. The van der Waals surface area contributed by atoms with Crippen LogP contribution < -0.4 is 0 Å². The normalized spacial score (nSPS) is 12.3. The molecule has 4 aromatic heterocycles. The summed E-state index contributed by atoms with van der Waals surface area (Å²) in [6.07, 6.45) is 0. The number of thiophene rings is 1. The number of nitrogens with zero attached hydrogens (tertiary/aromatic N) is 2. The molecule has 0 bridgehead atoms. The fraction of sp³-hybridized carbons (Fsp3) is 0. The Hall–Kier alpha value is -5.84. The summed E-state index contributed by atoms with van der Waals surface area (Å²) in [4.78, 5) is 0. The SMILES string of the molecule is c1ccc(-n2c3ccccc3c3c4c5ccccc5oc4c4c(c5ccccc5n4-c4ccc5sc6ccccc6c5c4)c32)cc1. The monoisotopic (exact) mass is 604 g/mol. The van der Waals surface area contributed by atoms with Crippen LogP contribution in [0.3, 0.4) is 0 Å². The van der Waals surface area contributed by atoms with E-state index in [1.165, 1.54) is 52.8 Å². The molecule has 0 unspecified atom stereocenters. The number of hydrogen-bond donors (Lipinski definition) is 0. The Morgan fingerprint density at radius 2 is 1.02 bits per heavy atom. The Balaban J connectivity index is 1.45. The highest BCUT2D eigenvalue weighted by molar-refractivity contribution is 7.25. The van der Waals surface area contributed by atoms with Crippen molar-refractivity contribution in [3.63, 3.8) is 0 Å². The molecule has 0 spiro atoms. The molecule has 11 rings (SSSR count). The van der Waals surface area contributed by atoms with Crippen molar-refractivity contribution in [2.45, 2.75) is 0 Å². The molecule has 0 N–H and O–H groups in total. The van der Waals surface area contributed by atoms with Gasteiger partial charge >= 0.3 is 0 Å². The molecule has 0 aliphatic rings. The minimum absolute atomic E-state index is 0.902. The van der Waals surface area contributed by atoms with Crippen molar-refractivity contribution in [3.05, 3.63) is 146 Å². The fourth-order valence-electron chi connectivity index (χ4n) is 7.85. The number of rotatable bonds is 2. The number of fused-ring (bicyclic) bond motifs is 15. The van der Waals surface area contributed by atoms with Crippen molar-refractivity contribution in [1.29, 1.82) is 0 Å². The third-order valence-corrected chi connectivity index (χ3v) is 10.8. The van der Waals surface area contributed by atoms with Gasteiger partial charge in [-0.25, -0.2) is 0 Å². The van der Waals surface area contributed by atoms with Gasteiger partial charge in [0, 0.05) is 63.9 Å². The Morgan fingerprint density at radius 3 is 1.83 bits per heavy atom. The van der Waals surface area contributed by atoms with E-state index < -0.39 is 0 Å². The van der Waals surface area contributed by atoms with E-state index in [1.807, 2.05) is 11.3 Å². The maximum Gasteiger partial charge on any atom is 0.160 e. The van der Waals surface area contributed by atoms with Gasteiger partial charge in [-0.3, -0.25) is 0 Å². The summed E-state index contributed by atoms with van der Waals surface area (Å²) in [5.41, 5.74) is 8.75. The predicted molar refractivity (Wildman–Crippen MR) is 195 cm³/mol. The number of hydrogen-bond acceptors (Lipinski definition) is 2. The standard InChI is InChI=1S/C42H24N2OS/c1-2-12-25(13-3-1)43-32-18-8-4-15-28(32)37-38-30-17-6-10-20-34(30)45-42(38)41-39(40(37)43)29-16-5-9-19-33(29)44(41)26-22-23-36-31(24-26)27-14-7-11-21-35(27)46-36/h1-24H. The summed E-state index contributed by atoms with van der Waals surface area (Å²) in [7, 11) is 0. The second kappa shape index (κ2) is 8.87. The molecule has 3 nitrogen and oxygen atoms in total. The van der Waals surface area contributed by atoms with E-state index in [2.05, 4.69) is 155 Å². The summed E-state index contributed by atoms with van der Waals surface area (Å²) in [5, 5.41) is 9.74. The molecular weight excluding hydrogens is 581 g/mol. The Kier molecular flexibility index (Phi) is 4.72.